The van der Waals surface area contributed by atoms with Gasteiger partial charge in [0, 0.05) is 11.3 Å². The topological polar surface area (TPSA) is 80.2 Å². The molecule has 0 radical (unpaired) electrons. The Bertz CT molecular complexity index is 729. The van der Waals surface area contributed by atoms with E-state index < -0.39 is 0 Å². The summed E-state index contributed by atoms with van der Waals surface area (Å²) in [7, 11) is 0. The molecule has 0 aliphatic heterocycles. The molecule has 0 spiro atoms. The highest BCUT2D eigenvalue weighted by atomic mass is 16.5. The third-order valence-corrected chi connectivity index (χ3v) is 3.25. The molecule has 6 nitrogen and oxygen atoms in total. The summed E-state index contributed by atoms with van der Waals surface area (Å²) in [5.41, 5.74) is 2.40. The Balaban J connectivity index is 2.02. The summed E-state index contributed by atoms with van der Waals surface area (Å²) in [5.74, 6) is 0.679. The van der Waals surface area contributed by atoms with Crippen LogP contribution in [0, 0.1) is 6.92 Å². The molecule has 0 saturated heterocycles. The van der Waals surface area contributed by atoms with Crippen LogP contribution in [0.2, 0.25) is 0 Å². The van der Waals surface area contributed by atoms with Crippen LogP contribution in [-0.2, 0) is 4.79 Å². The van der Waals surface area contributed by atoms with Crippen LogP contribution in [0.25, 0.3) is 0 Å². The van der Waals surface area contributed by atoms with Crippen molar-refractivity contribution < 1.29 is 19.5 Å². The predicted octanol–water partition coefficient (Wildman–Crippen LogP) is 3.22. The molecule has 0 fully saturated rings. The number of carbonyl (C=O) groups is 1. The molecule has 2 aromatic carbocycles. The monoisotopic (exact) mass is 328 g/mol. The Hall–Kier alpha value is -3.02. The number of amides is 1. The van der Waals surface area contributed by atoms with Crippen molar-refractivity contribution >= 4 is 17.8 Å². The van der Waals surface area contributed by atoms with Crippen molar-refractivity contribution in [2.24, 2.45) is 5.16 Å². The SMILES string of the molecule is CCOc1cc(/C=N\O)ccc1OCC(=O)Nc1ccccc1C. The lowest BCUT2D eigenvalue weighted by Gasteiger charge is -2.13. The zero-order valence-electron chi connectivity index (χ0n) is 13.7. The van der Waals surface area contributed by atoms with Crippen molar-refractivity contribution in [2.75, 3.05) is 18.5 Å². The Morgan fingerprint density at radius 2 is 2.00 bits per heavy atom. The van der Waals surface area contributed by atoms with Gasteiger partial charge in [0.05, 0.1) is 12.8 Å². The molecule has 2 aromatic rings. The molecule has 0 aromatic heterocycles. The Kier molecular flexibility index (Phi) is 6.19. The number of carbonyl (C=O) groups excluding carboxylic acids is 1. The van der Waals surface area contributed by atoms with Crippen LogP contribution in [0.5, 0.6) is 11.5 Å². The van der Waals surface area contributed by atoms with E-state index in [1.807, 2.05) is 38.1 Å². The van der Waals surface area contributed by atoms with E-state index in [0.717, 1.165) is 11.3 Å². The van der Waals surface area contributed by atoms with E-state index in [2.05, 4.69) is 10.5 Å². The van der Waals surface area contributed by atoms with Gasteiger partial charge in [-0.05, 0) is 43.7 Å². The fourth-order valence-electron chi connectivity index (χ4n) is 2.10. The zero-order chi connectivity index (χ0) is 17.4. The van der Waals surface area contributed by atoms with E-state index in [0.29, 0.717) is 23.7 Å². The first-order chi connectivity index (χ1) is 11.6. The third kappa shape index (κ3) is 4.74. The van der Waals surface area contributed by atoms with Gasteiger partial charge >= 0.3 is 0 Å². The molecule has 0 unspecified atom stereocenters. The highest BCUT2D eigenvalue weighted by molar-refractivity contribution is 5.92. The van der Waals surface area contributed by atoms with Crippen LogP contribution in [0.1, 0.15) is 18.1 Å². The lowest BCUT2D eigenvalue weighted by atomic mass is 10.2. The number of aryl methyl sites for hydroxylation is 1. The highest BCUT2D eigenvalue weighted by Gasteiger charge is 2.10. The minimum atomic E-state index is -0.257. The number of oxime groups is 1. The van der Waals surface area contributed by atoms with Crippen molar-refractivity contribution in [3.8, 4) is 11.5 Å². The number of hydrogen-bond donors (Lipinski definition) is 2. The molecule has 24 heavy (non-hydrogen) atoms. The molecule has 0 aliphatic rings. The fourth-order valence-corrected chi connectivity index (χ4v) is 2.10. The summed E-state index contributed by atoms with van der Waals surface area (Å²) in [6.07, 6.45) is 1.29. The first-order valence-corrected chi connectivity index (χ1v) is 7.56. The van der Waals surface area contributed by atoms with Crippen LogP contribution in [-0.4, -0.2) is 30.5 Å². The highest BCUT2D eigenvalue weighted by Crippen LogP contribution is 2.28. The molecule has 0 bridgehead atoms. The van der Waals surface area contributed by atoms with Gasteiger partial charge in [-0.2, -0.15) is 0 Å². The van der Waals surface area contributed by atoms with Gasteiger partial charge in [-0.3, -0.25) is 4.79 Å². The van der Waals surface area contributed by atoms with Crippen molar-refractivity contribution in [3.05, 3.63) is 53.6 Å². The number of nitrogens with one attached hydrogen (secondary N) is 1. The fraction of sp³-hybridized carbons (Fsp3) is 0.222. The quantitative estimate of drug-likeness (QED) is 0.464. The normalized spacial score (nSPS) is 10.6. The molecular formula is C18H20N2O4. The largest absolute Gasteiger partial charge is 0.490 e. The molecule has 2 N–H and O–H groups in total. The van der Waals surface area contributed by atoms with E-state index in [1.54, 1.807) is 18.2 Å². The summed E-state index contributed by atoms with van der Waals surface area (Å²) in [6, 6.07) is 12.6. The van der Waals surface area contributed by atoms with E-state index in [1.165, 1.54) is 6.21 Å². The van der Waals surface area contributed by atoms with Crippen molar-refractivity contribution in [1.82, 2.24) is 0 Å². The maximum absolute atomic E-state index is 12.0. The maximum Gasteiger partial charge on any atom is 0.262 e. The molecule has 1 amide bonds. The van der Waals surface area contributed by atoms with Gasteiger partial charge in [-0.25, -0.2) is 0 Å². The van der Waals surface area contributed by atoms with Crippen LogP contribution < -0.4 is 14.8 Å². The number of para-hydroxylation sites is 1. The molecule has 126 valence electrons. The summed E-state index contributed by atoms with van der Waals surface area (Å²) < 4.78 is 11.0. The van der Waals surface area contributed by atoms with Gasteiger partial charge in [0.15, 0.2) is 18.1 Å². The molecule has 0 aliphatic carbocycles. The van der Waals surface area contributed by atoms with Crippen LogP contribution >= 0.6 is 0 Å². The minimum Gasteiger partial charge on any atom is -0.490 e. The molecule has 2 rings (SSSR count). The van der Waals surface area contributed by atoms with Crippen LogP contribution in [0.3, 0.4) is 0 Å². The van der Waals surface area contributed by atoms with E-state index in [9.17, 15) is 4.79 Å². The second-order valence-electron chi connectivity index (χ2n) is 5.04. The van der Waals surface area contributed by atoms with Gasteiger partial charge in [-0.15, -0.1) is 0 Å². The number of ether oxygens (including phenoxy) is 2. The van der Waals surface area contributed by atoms with Crippen molar-refractivity contribution in [3.63, 3.8) is 0 Å². The Morgan fingerprint density at radius 3 is 2.71 bits per heavy atom. The van der Waals surface area contributed by atoms with Crippen LogP contribution in [0.15, 0.2) is 47.6 Å². The Labute approximate surface area is 140 Å². The summed E-state index contributed by atoms with van der Waals surface area (Å²) in [4.78, 5) is 12.0. The minimum absolute atomic E-state index is 0.137. The average molecular weight is 328 g/mol. The Morgan fingerprint density at radius 1 is 1.21 bits per heavy atom. The standard InChI is InChI=1S/C18H20N2O4/c1-3-23-17-10-14(11-19-22)8-9-16(17)24-12-18(21)20-15-7-5-4-6-13(15)2/h4-11,22H,3,12H2,1-2H3,(H,20,21)/b19-11-. The number of nitrogens with zero attached hydrogens (tertiary/aromatic N) is 1. The molecule has 0 heterocycles. The van der Waals surface area contributed by atoms with Crippen LogP contribution in [0.4, 0.5) is 5.69 Å². The van der Waals surface area contributed by atoms with Crippen molar-refractivity contribution in [2.45, 2.75) is 13.8 Å². The van der Waals surface area contributed by atoms with Gasteiger partial charge in [0.25, 0.3) is 5.91 Å². The zero-order valence-corrected chi connectivity index (χ0v) is 13.7. The lowest BCUT2D eigenvalue weighted by Crippen LogP contribution is -2.20. The maximum atomic E-state index is 12.0. The third-order valence-electron chi connectivity index (χ3n) is 3.25. The first kappa shape index (κ1) is 17.3. The smallest absolute Gasteiger partial charge is 0.262 e. The second kappa shape index (κ2) is 8.57. The van der Waals surface area contributed by atoms with E-state index >= 15 is 0 Å². The molecule has 0 atom stereocenters. The van der Waals surface area contributed by atoms with Gasteiger partial charge in [0.2, 0.25) is 0 Å². The number of anilines is 1. The molecular weight excluding hydrogens is 308 g/mol. The summed E-state index contributed by atoms with van der Waals surface area (Å²) in [6.45, 7) is 4.08. The lowest BCUT2D eigenvalue weighted by molar-refractivity contribution is -0.118. The number of benzene rings is 2. The van der Waals surface area contributed by atoms with Gasteiger partial charge in [-0.1, -0.05) is 23.4 Å². The van der Waals surface area contributed by atoms with E-state index in [-0.39, 0.29) is 12.5 Å². The number of rotatable bonds is 7. The first-order valence-electron chi connectivity index (χ1n) is 7.56. The van der Waals surface area contributed by atoms with Crippen molar-refractivity contribution in [1.29, 1.82) is 0 Å². The summed E-state index contributed by atoms with van der Waals surface area (Å²) in [5, 5.41) is 14.4. The summed E-state index contributed by atoms with van der Waals surface area (Å²) >= 11 is 0. The van der Waals surface area contributed by atoms with Gasteiger partial charge < -0.3 is 20.0 Å². The number of hydrogen-bond acceptors (Lipinski definition) is 5. The molecule has 6 heteroatoms. The second-order valence-corrected chi connectivity index (χ2v) is 5.04. The average Bonchev–Trinajstić information content (AvgIpc) is 2.57. The molecule has 0 saturated carbocycles. The predicted molar refractivity (Wildman–Crippen MR) is 92.3 cm³/mol. The van der Waals surface area contributed by atoms with E-state index in [4.69, 9.17) is 14.7 Å². The van der Waals surface area contributed by atoms with Gasteiger partial charge in [0.1, 0.15) is 0 Å².